The Morgan fingerprint density at radius 3 is 1.31 bits per heavy atom. The van der Waals surface area contributed by atoms with E-state index in [2.05, 4.69) is 48.6 Å². The minimum atomic E-state index is -0.373. The Kier molecular flexibility index (Phi) is 9.13. The van der Waals surface area contributed by atoms with Crippen LogP contribution in [0.4, 0.5) is 0 Å². The van der Waals surface area contributed by atoms with Crippen LogP contribution in [0.2, 0.25) is 0 Å². The lowest BCUT2D eigenvalue weighted by molar-refractivity contribution is -0.0173. The molecule has 10 rings (SSSR count). The fourth-order valence-electron chi connectivity index (χ4n) is 13.1. The maximum atomic E-state index is 13.7. The van der Waals surface area contributed by atoms with Crippen LogP contribution in [0.3, 0.4) is 0 Å². The Morgan fingerprint density at radius 1 is 0.510 bits per heavy atom. The average Bonchev–Trinajstić information content (AvgIpc) is 3.91. The fraction of sp³-hybridized carbons (Fsp3) is 0.800. The molecule has 5 saturated heterocycles. The van der Waals surface area contributed by atoms with Gasteiger partial charge in [0.2, 0.25) is 0 Å². The highest BCUT2D eigenvalue weighted by Crippen LogP contribution is 2.46. The van der Waals surface area contributed by atoms with Gasteiger partial charge < -0.3 is 4.74 Å². The quantitative estimate of drug-likeness (QED) is 0.216. The Morgan fingerprint density at radius 2 is 0.882 bits per heavy atom. The number of nitriles is 1. The van der Waals surface area contributed by atoms with Crippen molar-refractivity contribution in [2.45, 2.75) is 152 Å². The smallest absolute Gasteiger partial charge is 0.339 e. The molecule has 0 aromatic heterocycles. The maximum absolute atomic E-state index is 13.7. The number of carbonyl (C=O) groups excluding carboxylic acids is 1. The third kappa shape index (κ3) is 5.97. The van der Waals surface area contributed by atoms with Gasteiger partial charge in [-0.25, -0.2) is 4.79 Å². The molecule has 1 aromatic carbocycles. The van der Waals surface area contributed by atoms with Gasteiger partial charge in [0.05, 0.1) is 60.5 Å². The topological polar surface area (TPSA) is 146 Å². The van der Waals surface area contributed by atoms with Crippen molar-refractivity contribution in [1.82, 2.24) is 42.5 Å². The molecule has 11 heteroatoms. The third-order valence-corrected chi connectivity index (χ3v) is 15.4. The van der Waals surface area contributed by atoms with E-state index < -0.39 is 0 Å². The minimum Gasteiger partial charge on any atom is -0.458 e. The lowest BCUT2D eigenvalue weighted by Crippen LogP contribution is -2.62. The van der Waals surface area contributed by atoms with E-state index in [4.69, 9.17) is 4.74 Å². The van der Waals surface area contributed by atoms with Crippen LogP contribution in [-0.4, -0.2) is 61.4 Å². The fourth-order valence-corrected chi connectivity index (χ4v) is 13.1. The summed E-state index contributed by atoms with van der Waals surface area (Å²) in [5.41, 5.74) is 0.748. The number of esters is 1. The zero-order valence-electron chi connectivity index (χ0n) is 30.0. The van der Waals surface area contributed by atoms with Crippen molar-refractivity contribution in [1.29, 1.82) is 5.26 Å². The average molecular weight is 698 g/mol. The van der Waals surface area contributed by atoms with Crippen LogP contribution in [0, 0.1) is 58.7 Å². The summed E-state index contributed by atoms with van der Waals surface area (Å²) in [6.07, 6.45) is 20.0. The van der Waals surface area contributed by atoms with Gasteiger partial charge >= 0.3 is 5.97 Å². The van der Waals surface area contributed by atoms with Gasteiger partial charge in [-0.15, -0.1) is 0 Å². The van der Waals surface area contributed by atoms with Crippen molar-refractivity contribution in [2.75, 3.05) is 0 Å². The van der Waals surface area contributed by atoms with E-state index in [9.17, 15) is 10.1 Å². The van der Waals surface area contributed by atoms with E-state index in [1.54, 1.807) is 12.1 Å². The number of carbonyl (C=O) groups is 1. The van der Waals surface area contributed by atoms with Crippen molar-refractivity contribution in [2.24, 2.45) is 47.3 Å². The van der Waals surface area contributed by atoms with Gasteiger partial charge in [-0.1, -0.05) is 50.7 Å². The van der Waals surface area contributed by atoms with E-state index >= 15 is 0 Å². The lowest BCUT2D eigenvalue weighted by atomic mass is 9.75. The van der Waals surface area contributed by atoms with E-state index in [1.165, 1.54) is 77.0 Å². The van der Waals surface area contributed by atoms with Crippen molar-refractivity contribution in [3.05, 3.63) is 35.4 Å². The molecule has 0 spiro atoms. The van der Waals surface area contributed by atoms with Gasteiger partial charge in [0.1, 0.15) is 12.2 Å². The second-order valence-corrected chi connectivity index (χ2v) is 17.8. The Bertz CT molecular complexity index is 1490. The summed E-state index contributed by atoms with van der Waals surface area (Å²) in [5, 5.41) is 43.2. The summed E-state index contributed by atoms with van der Waals surface area (Å²) < 4.78 is 6.46. The molecule has 0 radical (unpaired) electrons. The van der Waals surface area contributed by atoms with E-state index in [0.717, 1.165) is 19.3 Å². The number of hydrogen-bond donors (Lipinski definition) is 8. The third-order valence-electron chi connectivity index (χ3n) is 15.4. The SMILES string of the molecule is N#Cc1ccccc1C(=O)OC1CCCC2C3NC4NC(NC5NC(NC6NC(NC(N3)C12)C1CCCCC61)C1CCCCC51)C1CCCCC41. The van der Waals surface area contributed by atoms with E-state index in [1.807, 2.05) is 12.1 Å². The molecule has 276 valence electrons. The number of nitrogens with one attached hydrogen (secondary N) is 8. The number of hydrogen-bond acceptors (Lipinski definition) is 11. The summed E-state index contributed by atoms with van der Waals surface area (Å²) in [6.45, 7) is 0. The molecule has 9 aliphatic rings. The molecule has 5 aliphatic heterocycles. The van der Waals surface area contributed by atoms with Gasteiger partial charge in [0, 0.05) is 5.92 Å². The molecule has 17 atom stereocenters. The molecule has 4 saturated carbocycles. The first-order valence-corrected chi connectivity index (χ1v) is 20.9. The van der Waals surface area contributed by atoms with Crippen LogP contribution >= 0.6 is 0 Å². The molecular weight excluding hydrogens is 639 g/mol. The van der Waals surface area contributed by atoms with Gasteiger partial charge in [0.25, 0.3) is 0 Å². The van der Waals surface area contributed by atoms with Gasteiger partial charge in [0.15, 0.2) is 0 Å². The van der Waals surface area contributed by atoms with Crippen LogP contribution in [-0.2, 0) is 4.74 Å². The second kappa shape index (κ2) is 13.9. The molecule has 11 nitrogen and oxygen atoms in total. The molecule has 9 fully saturated rings. The zero-order chi connectivity index (χ0) is 34.1. The number of rotatable bonds is 2. The molecule has 4 aliphatic carbocycles. The van der Waals surface area contributed by atoms with Crippen LogP contribution in [0.5, 0.6) is 0 Å². The standard InChI is InChI=1S/C40H59N9O2/c41-20-21-10-1-2-11-22(21)40(50)51-30-19-9-18-29-31(30)39-48-37-28-17-8-7-16-27(28)35(46-37)44-33-24-13-4-3-12-23(24)32(42-33)43-34-25-14-5-6-15-26(25)36(45-34)47-38(29)49-39/h1-2,10-11,23-39,42-49H,3-9,12-19H2. The molecule has 1 aromatic rings. The normalized spacial score (nSPS) is 48.8. The number of nitrogens with zero attached hydrogens (tertiary/aromatic N) is 1. The maximum Gasteiger partial charge on any atom is 0.339 e. The van der Waals surface area contributed by atoms with Crippen LogP contribution in [0.15, 0.2) is 24.3 Å². The first kappa shape index (κ1) is 33.4. The minimum absolute atomic E-state index is 0.00210. The number of fused-ring (bicyclic) bond motifs is 20. The predicted octanol–water partition coefficient (Wildman–Crippen LogP) is 3.31. The Hall–Kier alpha value is -2.14. The molecule has 0 amide bonds. The zero-order valence-corrected chi connectivity index (χ0v) is 30.0. The van der Waals surface area contributed by atoms with Gasteiger partial charge in [-0.3, -0.25) is 42.5 Å². The largest absolute Gasteiger partial charge is 0.458 e. The van der Waals surface area contributed by atoms with Crippen LogP contribution in [0.25, 0.3) is 0 Å². The van der Waals surface area contributed by atoms with Gasteiger partial charge in [-0.2, -0.15) is 5.26 Å². The summed E-state index contributed by atoms with van der Waals surface area (Å²) in [6, 6.07) is 9.27. The molecule has 8 N–H and O–H groups in total. The molecule has 8 bridgehead atoms. The van der Waals surface area contributed by atoms with Crippen molar-refractivity contribution >= 4 is 5.97 Å². The van der Waals surface area contributed by atoms with Gasteiger partial charge in [-0.05, 0) is 111 Å². The molecular formula is C40H59N9O2. The van der Waals surface area contributed by atoms with Crippen LogP contribution in [0.1, 0.15) is 112 Å². The molecule has 51 heavy (non-hydrogen) atoms. The van der Waals surface area contributed by atoms with Crippen LogP contribution < -0.4 is 42.5 Å². The monoisotopic (exact) mass is 697 g/mol. The predicted molar refractivity (Wildman–Crippen MR) is 193 cm³/mol. The number of ether oxygens (including phenoxy) is 1. The highest BCUT2D eigenvalue weighted by molar-refractivity contribution is 5.92. The second-order valence-electron chi connectivity index (χ2n) is 17.8. The summed E-state index contributed by atoms with van der Waals surface area (Å²) in [5.74, 6) is 3.77. The Balaban J connectivity index is 0.982. The Labute approximate surface area is 303 Å². The van der Waals surface area contributed by atoms with Crippen molar-refractivity contribution < 1.29 is 9.53 Å². The summed E-state index contributed by atoms with van der Waals surface area (Å²) in [4.78, 5) is 13.7. The first-order valence-electron chi connectivity index (χ1n) is 20.9. The van der Waals surface area contributed by atoms with E-state index in [0.29, 0.717) is 71.0 Å². The van der Waals surface area contributed by atoms with Crippen molar-refractivity contribution in [3.63, 3.8) is 0 Å². The first-order chi connectivity index (χ1) is 25.1. The lowest BCUT2D eigenvalue weighted by Gasteiger charge is -2.39. The van der Waals surface area contributed by atoms with Crippen molar-refractivity contribution in [3.8, 4) is 6.07 Å². The highest BCUT2D eigenvalue weighted by Gasteiger charge is 2.56. The molecule has 5 heterocycles. The summed E-state index contributed by atoms with van der Waals surface area (Å²) in [7, 11) is 0. The number of benzene rings is 1. The highest BCUT2D eigenvalue weighted by atomic mass is 16.5. The summed E-state index contributed by atoms with van der Waals surface area (Å²) >= 11 is 0. The molecule has 17 unspecified atom stereocenters. The van der Waals surface area contributed by atoms with E-state index in [-0.39, 0.29) is 48.8 Å².